The Hall–Kier alpha value is -1.64. The number of nitrogens with zero attached hydrogens (tertiary/aromatic N) is 1. The highest BCUT2D eigenvalue weighted by atomic mass is 32.2. The van der Waals surface area contributed by atoms with Crippen LogP contribution in [0.5, 0.6) is 5.75 Å². The zero-order valence-corrected chi connectivity index (χ0v) is 10.9. The highest BCUT2D eigenvalue weighted by molar-refractivity contribution is 7.89. The van der Waals surface area contributed by atoms with Crippen LogP contribution in [0.4, 0.5) is 0 Å². The number of amides is 1. The molecule has 0 heterocycles. The minimum absolute atomic E-state index is 0.0793. The molecule has 8 heteroatoms. The minimum Gasteiger partial charge on any atom is -0.497 e. The van der Waals surface area contributed by atoms with Crippen LogP contribution in [0.15, 0.2) is 29.2 Å². The summed E-state index contributed by atoms with van der Waals surface area (Å²) in [4.78, 5) is 11.1. The van der Waals surface area contributed by atoms with E-state index in [9.17, 15) is 13.2 Å². The first-order chi connectivity index (χ1) is 8.41. The van der Waals surface area contributed by atoms with Gasteiger partial charge in [-0.2, -0.15) is 4.31 Å². The van der Waals surface area contributed by atoms with Crippen molar-refractivity contribution in [3.63, 3.8) is 0 Å². The molecule has 0 radical (unpaired) electrons. The molecular formula is C10H15N3O4S. The van der Waals surface area contributed by atoms with Crippen LogP contribution in [0.3, 0.4) is 0 Å². The molecule has 100 valence electrons. The first-order valence-electron chi connectivity index (χ1n) is 5.01. The second-order valence-corrected chi connectivity index (χ2v) is 5.55. The topological polar surface area (TPSA) is 102 Å². The molecule has 1 amide bonds. The van der Waals surface area contributed by atoms with Crippen LogP contribution in [0.25, 0.3) is 0 Å². The van der Waals surface area contributed by atoms with Gasteiger partial charge < -0.3 is 4.74 Å². The predicted molar refractivity (Wildman–Crippen MR) is 65.1 cm³/mol. The first kappa shape index (κ1) is 14.4. The molecule has 0 atom stereocenters. The second-order valence-electron chi connectivity index (χ2n) is 3.50. The van der Waals surface area contributed by atoms with Crippen LogP contribution in [0.2, 0.25) is 0 Å². The van der Waals surface area contributed by atoms with Crippen molar-refractivity contribution in [1.82, 2.24) is 9.73 Å². The molecule has 0 saturated carbocycles. The molecule has 1 aromatic rings. The SMILES string of the molecule is COc1ccc(S(=O)(=O)N(C)CC(=O)NN)cc1. The van der Waals surface area contributed by atoms with E-state index in [2.05, 4.69) is 0 Å². The van der Waals surface area contributed by atoms with Gasteiger partial charge in [0.15, 0.2) is 0 Å². The van der Waals surface area contributed by atoms with Gasteiger partial charge in [-0.25, -0.2) is 14.3 Å². The van der Waals surface area contributed by atoms with Crippen LogP contribution in [-0.4, -0.2) is 39.3 Å². The van der Waals surface area contributed by atoms with Crippen LogP contribution in [0.1, 0.15) is 0 Å². The molecule has 0 unspecified atom stereocenters. The van der Waals surface area contributed by atoms with Gasteiger partial charge in [0.05, 0.1) is 18.6 Å². The summed E-state index contributed by atoms with van der Waals surface area (Å²) < 4.78 is 29.9. The molecule has 0 aliphatic rings. The fourth-order valence-corrected chi connectivity index (χ4v) is 2.39. The summed E-state index contributed by atoms with van der Waals surface area (Å²) in [5.41, 5.74) is 1.87. The number of hydrogen-bond acceptors (Lipinski definition) is 5. The highest BCUT2D eigenvalue weighted by Gasteiger charge is 2.22. The molecule has 0 bridgehead atoms. The number of hydrogen-bond donors (Lipinski definition) is 2. The molecule has 7 nitrogen and oxygen atoms in total. The lowest BCUT2D eigenvalue weighted by Crippen LogP contribution is -2.41. The Morgan fingerprint density at radius 2 is 1.94 bits per heavy atom. The summed E-state index contributed by atoms with van der Waals surface area (Å²) in [7, 11) is -0.920. The maximum Gasteiger partial charge on any atom is 0.249 e. The third kappa shape index (κ3) is 3.19. The normalized spacial score (nSPS) is 11.3. The van der Waals surface area contributed by atoms with Crippen molar-refractivity contribution < 1.29 is 17.9 Å². The summed E-state index contributed by atoms with van der Waals surface area (Å²) in [5.74, 6) is 4.87. The molecule has 3 N–H and O–H groups in total. The second kappa shape index (κ2) is 5.80. The summed E-state index contributed by atoms with van der Waals surface area (Å²) in [5, 5.41) is 0. The van der Waals surface area contributed by atoms with Gasteiger partial charge in [0.1, 0.15) is 5.75 Å². The highest BCUT2D eigenvalue weighted by Crippen LogP contribution is 2.18. The van der Waals surface area contributed by atoms with Gasteiger partial charge in [-0.15, -0.1) is 0 Å². The predicted octanol–water partition coefficient (Wildman–Crippen LogP) is -0.694. The van der Waals surface area contributed by atoms with Gasteiger partial charge in [0.25, 0.3) is 0 Å². The molecular weight excluding hydrogens is 258 g/mol. The van der Waals surface area contributed by atoms with Gasteiger partial charge in [-0.1, -0.05) is 0 Å². The Balaban J connectivity index is 2.94. The number of nitrogens with one attached hydrogen (secondary N) is 1. The maximum absolute atomic E-state index is 12.0. The van der Waals surface area contributed by atoms with Gasteiger partial charge in [-0.05, 0) is 24.3 Å². The largest absolute Gasteiger partial charge is 0.497 e. The Bertz CT molecular complexity index is 512. The number of carbonyl (C=O) groups excluding carboxylic acids is 1. The first-order valence-corrected chi connectivity index (χ1v) is 6.45. The summed E-state index contributed by atoms with van der Waals surface area (Å²) >= 11 is 0. The Morgan fingerprint density at radius 3 is 2.39 bits per heavy atom. The molecule has 1 rings (SSSR count). The fraction of sp³-hybridized carbons (Fsp3) is 0.300. The lowest BCUT2D eigenvalue weighted by atomic mass is 10.3. The van der Waals surface area contributed by atoms with E-state index in [0.717, 1.165) is 4.31 Å². The van der Waals surface area contributed by atoms with Crippen LogP contribution >= 0.6 is 0 Å². The van der Waals surface area contributed by atoms with E-state index in [-0.39, 0.29) is 11.4 Å². The van der Waals surface area contributed by atoms with E-state index in [1.54, 1.807) is 0 Å². The van der Waals surface area contributed by atoms with Crippen molar-refractivity contribution in [2.45, 2.75) is 4.90 Å². The van der Waals surface area contributed by atoms with Crippen molar-refractivity contribution >= 4 is 15.9 Å². The average Bonchev–Trinajstić information content (AvgIpc) is 2.38. The number of rotatable bonds is 5. The Kier molecular flexibility index (Phi) is 4.65. The molecule has 0 fully saturated rings. The number of likely N-dealkylation sites (N-methyl/N-ethyl adjacent to an activating group) is 1. The number of ether oxygens (including phenoxy) is 1. The summed E-state index contributed by atoms with van der Waals surface area (Å²) in [6.45, 7) is -0.342. The van der Waals surface area contributed by atoms with Crippen molar-refractivity contribution in [1.29, 1.82) is 0 Å². The van der Waals surface area contributed by atoms with E-state index >= 15 is 0 Å². The summed E-state index contributed by atoms with van der Waals surface area (Å²) in [6, 6.07) is 5.88. The van der Waals surface area contributed by atoms with Crippen molar-refractivity contribution in [3.8, 4) is 5.75 Å². The number of methoxy groups -OCH3 is 1. The molecule has 0 aromatic heterocycles. The summed E-state index contributed by atoms with van der Waals surface area (Å²) in [6.07, 6.45) is 0. The van der Waals surface area contributed by atoms with Gasteiger partial charge in [0, 0.05) is 7.05 Å². The number of hydrazine groups is 1. The smallest absolute Gasteiger partial charge is 0.249 e. The van der Waals surface area contributed by atoms with E-state index in [4.69, 9.17) is 10.6 Å². The zero-order chi connectivity index (χ0) is 13.8. The van der Waals surface area contributed by atoms with Crippen LogP contribution in [-0.2, 0) is 14.8 Å². The van der Waals surface area contributed by atoms with E-state index in [0.29, 0.717) is 5.75 Å². The number of benzene rings is 1. The molecule has 0 saturated heterocycles. The lowest BCUT2D eigenvalue weighted by molar-refractivity contribution is -0.121. The van der Waals surface area contributed by atoms with E-state index in [1.165, 1.54) is 38.4 Å². The van der Waals surface area contributed by atoms with Gasteiger partial charge >= 0.3 is 0 Å². The Labute approximate surface area is 106 Å². The van der Waals surface area contributed by atoms with Crippen LogP contribution < -0.4 is 16.0 Å². The molecule has 18 heavy (non-hydrogen) atoms. The Morgan fingerprint density at radius 1 is 1.39 bits per heavy atom. The molecule has 0 aliphatic carbocycles. The average molecular weight is 273 g/mol. The quantitative estimate of drug-likeness (QED) is 0.420. The maximum atomic E-state index is 12.0. The standard InChI is InChI=1S/C10H15N3O4S/c1-13(7-10(14)12-11)18(15,16)9-5-3-8(17-2)4-6-9/h3-6H,7,11H2,1-2H3,(H,12,14). The minimum atomic E-state index is -3.71. The van der Waals surface area contributed by atoms with Crippen molar-refractivity contribution in [2.75, 3.05) is 20.7 Å². The number of nitrogens with two attached hydrogens (primary N) is 1. The van der Waals surface area contributed by atoms with Crippen molar-refractivity contribution in [3.05, 3.63) is 24.3 Å². The third-order valence-electron chi connectivity index (χ3n) is 2.29. The lowest BCUT2D eigenvalue weighted by Gasteiger charge is -2.16. The molecule has 0 spiro atoms. The molecule has 0 aliphatic heterocycles. The fourth-order valence-electron chi connectivity index (χ4n) is 1.26. The van der Waals surface area contributed by atoms with Gasteiger partial charge in [0.2, 0.25) is 15.9 Å². The van der Waals surface area contributed by atoms with Crippen LogP contribution in [0, 0.1) is 0 Å². The molecule has 1 aromatic carbocycles. The van der Waals surface area contributed by atoms with Gasteiger partial charge in [-0.3, -0.25) is 10.2 Å². The monoisotopic (exact) mass is 273 g/mol. The van der Waals surface area contributed by atoms with E-state index in [1.807, 2.05) is 5.43 Å². The zero-order valence-electron chi connectivity index (χ0n) is 10.1. The van der Waals surface area contributed by atoms with Crippen molar-refractivity contribution in [2.24, 2.45) is 5.84 Å². The van der Waals surface area contributed by atoms with E-state index < -0.39 is 15.9 Å². The number of sulfonamides is 1. The number of carbonyl (C=O) groups is 1. The third-order valence-corrected chi connectivity index (χ3v) is 4.11.